The molecule has 0 saturated carbocycles. The van der Waals surface area contributed by atoms with Crippen LogP contribution >= 0.6 is 11.8 Å². The molecule has 0 spiro atoms. The summed E-state index contributed by atoms with van der Waals surface area (Å²) >= 11 is 1.42. The van der Waals surface area contributed by atoms with Crippen LogP contribution in [0.15, 0.2) is 53.7 Å². The lowest BCUT2D eigenvalue weighted by atomic mass is 10.2. The fourth-order valence-corrected chi connectivity index (χ4v) is 3.65. The van der Waals surface area contributed by atoms with Crippen LogP contribution in [0.1, 0.15) is 23.7 Å². The molecule has 2 aromatic carbocycles. The van der Waals surface area contributed by atoms with E-state index in [1.165, 1.54) is 11.8 Å². The highest BCUT2D eigenvalue weighted by molar-refractivity contribution is 7.99. The van der Waals surface area contributed by atoms with Crippen molar-refractivity contribution in [3.8, 4) is 0 Å². The van der Waals surface area contributed by atoms with Gasteiger partial charge in [-0.3, -0.25) is 9.59 Å². The fraction of sp³-hybridized carbons (Fsp3) is 0.250. The number of carbonyl (C=O) groups excluding carboxylic acids is 2. The van der Waals surface area contributed by atoms with Crippen molar-refractivity contribution in [3.05, 3.63) is 54.1 Å². The minimum absolute atomic E-state index is 0.135. The van der Waals surface area contributed by atoms with E-state index in [-0.39, 0.29) is 17.6 Å². The van der Waals surface area contributed by atoms with Crippen LogP contribution < -0.4 is 10.6 Å². The molecule has 0 aliphatic rings. The number of thioether (sulfide) groups is 1. The second-order valence-corrected chi connectivity index (χ2v) is 6.97. The maximum atomic E-state index is 12.4. The molecule has 7 heteroatoms. The first-order chi connectivity index (χ1) is 13.1. The van der Waals surface area contributed by atoms with Gasteiger partial charge in [0.15, 0.2) is 5.16 Å². The van der Waals surface area contributed by atoms with Gasteiger partial charge in [-0.15, -0.1) is 0 Å². The van der Waals surface area contributed by atoms with Crippen molar-refractivity contribution in [1.29, 1.82) is 0 Å². The summed E-state index contributed by atoms with van der Waals surface area (Å²) in [5.74, 6) is -0.0741. The van der Waals surface area contributed by atoms with E-state index in [0.29, 0.717) is 11.3 Å². The molecule has 1 aromatic heterocycles. The molecule has 0 saturated heterocycles. The monoisotopic (exact) mass is 382 g/mol. The predicted molar refractivity (Wildman–Crippen MR) is 109 cm³/mol. The van der Waals surface area contributed by atoms with Gasteiger partial charge in [-0.25, -0.2) is 4.98 Å². The lowest BCUT2D eigenvalue weighted by Crippen LogP contribution is -2.19. The van der Waals surface area contributed by atoms with Crippen LogP contribution in [0.4, 0.5) is 5.69 Å². The first kappa shape index (κ1) is 19.0. The molecule has 0 unspecified atom stereocenters. The second kappa shape index (κ2) is 8.73. The number of aromatic nitrogens is 2. The van der Waals surface area contributed by atoms with Crippen LogP contribution in [-0.4, -0.2) is 34.2 Å². The van der Waals surface area contributed by atoms with Gasteiger partial charge in [0.25, 0.3) is 5.91 Å². The molecule has 0 aliphatic carbocycles. The summed E-state index contributed by atoms with van der Waals surface area (Å²) in [5.41, 5.74) is 3.13. The van der Waals surface area contributed by atoms with Crippen LogP contribution in [0.5, 0.6) is 0 Å². The third kappa shape index (κ3) is 4.49. The van der Waals surface area contributed by atoms with Gasteiger partial charge in [-0.1, -0.05) is 36.9 Å². The van der Waals surface area contributed by atoms with E-state index in [2.05, 4.69) is 27.1 Å². The van der Waals surface area contributed by atoms with Crippen LogP contribution in [-0.2, 0) is 11.3 Å². The zero-order chi connectivity index (χ0) is 19.2. The summed E-state index contributed by atoms with van der Waals surface area (Å²) in [6, 6.07) is 14.9. The number of benzene rings is 2. The zero-order valence-electron chi connectivity index (χ0n) is 15.4. The van der Waals surface area contributed by atoms with Gasteiger partial charge in [-0.05, 0) is 36.8 Å². The summed E-state index contributed by atoms with van der Waals surface area (Å²) < 4.78 is 2.15. The Labute approximate surface area is 162 Å². The number of fused-ring (bicyclic) bond motifs is 1. The summed E-state index contributed by atoms with van der Waals surface area (Å²) in [6.07, 6.45) is 0.992. The predicted octanol–water partition coefficient (Wildman–Crippen LogP) is 3.54. The Morgan fingerprint density at radius 1 is 1.15 bits per heavy atom. The van der Waals surface area contributed by atoms with Crippen LogP contribution in [0.25, 0.3) is 11.0 Å². The lowest BCUT2D eigenvalue weighted by Gasteiger charge is -2.08. The molecule has 0 atom stereocenters. The van der Waals surface area contributed by atoms with Crippen molar-refractivity contribution in [2.45, 2.75) is 25.0 Å². The Morgan fingerprint density at radius 3 is 2.74 bits per heavy atom. The Balaban J connectivity index is 1.68. The van der Waals surface area contributed by atoms with Gasteiger partial charge in [-0.2, -0.15) is 0 Å². The van der Waals surface area contributed by atoms with Crippen molar-refractivity contribution in [3.63, 3.8) is 0 Å². The number of carbonyl (C=O) groups is 2. The Morgan fingerprint density at radius 2 is 1.96 bits per heavy atom. The number of hydrogen-bond donors (Lipinski definition) is 2. The molecule has 0 fully saturated rings. The van der Waals surface area contributed by atoms with Gasteiger partial charge in [0.1, 0.15) is 0 Å². The maximum absolute atomic E-state index is 12.4. The highest BCUT2D eigenvalue weighted by Crippen LogP contribution is 2.24. The molecular weight excluding hydrogens is 360 g/mol. The van der Waals surface area contributed by atoms with E-state index < -0.39 is 0 Å². The summed E-state index contributed by atoms with van der Waals surface area (Å²) in [5, 5.41) is 6.25. The number of rotatable bonds is 7. The van der Waals surface area contributed by atoms with E-state index in [4.69, 9.17) is 0 Å². The summed E-state index contributed by atoms with van der Waals surface area (Å²) in [6.45, 7) is 2.98. The van der Waals surface area contributed by atoms with Gasteiger partial charge in [0.05, 0.1) is 16.8 Å². The zero-order valence-corrected chi connectivity index (χ0v) is 16.2. The molecule has 0 bridgehead atoms. The molecular formula is C20H22N4O2S. The van der Waals surface area contributed by atoms with E-state index in [0.717, 1.165) is 29.2 Å². The second-order valence-electron chi connectivity index (χ2n) is 6.03. The topological polar surface area (TPSA) is 76.0 Å². The fourth-order valence-electron chi connectivity index (χ4n) is 2.81. The number of anilines is 1. The molecule has 1 heterocycles. The quantitative estimate of drug-likeness (QED) is 0.613. The van der Waals surface area contributed by atoms with E-state index in [1.807, 2.05) is 24.3 Å². The first-order valence-corrected chi connectivity index (χ1v) is 9.81. The molecule has 0 radical (unpaired) electrons. The minimum atomic E-state index is -0.186. The largest absolute Gasteiger partial charge is 0.355 e. The van der Waals surface area contributed by atoms with Crippen molar-refractivity contribution < 1.29 is 9.59 Å². The van der Waals surface area contributed by atoms with Crippen molar-refractivity contribution in [2.75, 3.05) is 18.1 Å². The SMILES string of the molecule is CCCn1c(SCC(=O)Nc2cccc(C(=O)NC)c2)nc2ccccc21. The van der Waals surface area contributed by atoms with Crippen LogP contribution in [0.3, 0.4) is 0 Å². The molecule has 27 heavy (non-hydrogen) atoms. The minimum Gasteiger partial charge on any atom is -0.355 e. The normalized spacial score (nSPS) is 10.7. The van der Waals surface area contributed by atoms with Gasteiger partial charge in [0, 0.05) is 24.8 Å². The third-order valence-electron chi connectivity index (χ3n) is 4.03. The molecule has 2 amide bonds. The Hall–Kier alpha value is -2.80. The molecule has 6 nitrogen and oxygen atoms in total. The number of imidazole rings is 1. The highest BCUT2D eigenvalue weighted by atomic mass is 32.2. The van der Waals surface area contributed by atoms with E-state index in [9.17, 15) is 9.59 Å². The standard InChI is InChI=1S/C20H22N4O2S/c1-3-11-24-17-10-5-4-9-16(17)23-20(24)27-13-18(25)22-15-8-6-7-14(12-15)19(26)21-2/h4-10,12H,3,11,13H2,1-2H3,(H,21,26)(H,22,25). The van der Waals surface area contributed by atoms with Crippen LogP contribution in [0, 0.1) is 0 Å². The smallest absolute Gasteiger partial charge is 0.251 e. The first-order valence-electron chi connectivity index (χ1n) is 8.82. The Bertz CT molecular complexity index is 968. The molecule has 2 N–H and O–H groups in total. The molecule has 3 rings (SSSR count). The summed E-state index contributed by atoms with van der Waals surface area (Å²) in [4.78, 5) is 28.7. The lowest BCUT2D eigenvalue weighted by molar-refractivity contribution is -0.113. The highest BCUT2D eigenvalue weighted by Gasteiger charge is 2.13. The summed E-state index contributed by atoms with van der Waals surface area (Å²) in [7, 11) is 1.58. The van der Waals surface area contributed by atoms with Crippen LogP contribution in [0.2, 0.25) is 0 Å². The van der Waals surface area contributed by atoms with Gasteiger partial charge < -0.3 is 15.2 Å². The number of nitrogens with zero attached hydrogens (tertiary/aromatic N) is 2. The maximum Gasteiger partial charge on any atom is 0.251 e. The van der Waals surface area contributed by atoms with Gasteiger partial charge in [0.2, 0.25) is 5.91 Å². The van der Waals surface area contributed by atoms with E-state index in [1.54, 1.807) is 31.3 Å². The Kier molecular flexibility index (Phi) is 6.13. The molecule has 0 aliphatic heterocycles. The number of nitrogens with one attached hydrogen (secondary N) is 2. The van der Waals surface area contributed by atoms with Crippen molar-refractivity contribution in [2.24, 2.45) is 0 Å². The number of amides is 2. The van der Waals surface area contributed by atoms with Crippen molar-refractivity contribution >= 4 is 40.3 Å². The van der Waals surface area contributed by atoms with E-state index >= 15 is 0 Å². The third-order valence-corrected chi connectivity index (χ3v) is 5.01. The number of para-hydroxylation sites is 2. The molecule has 140 valence electrons. The average Bonchev–Trinajstić information content (AvgIpc) is 3.04. The number of aryl methyl sites for hydroxylation is 1. The molecule has 3 aromatic rings. The van der Waals surface area contributed by atoms with Crippen molar-refractivity contribution in [1.82, 2.24) is 14.9 Å². The number of hydrogen-bond acceptors (Lipinski definition) is 4. The average molecular weight is 382 g/mol. The van der Waals surface area contributed by atoms with Gasteiger partial charge >= 0.3 is 0 Å².